The summed E-state index contributed by atoms with van der Waals surface area (Å²) >= 11 is 0. The van der Waals surface area contributed by atoms with Gasteiger partial charge in [0.15, 0.2) is 0 Å². The van der Waals surface area contributed by atoms with E-state index in [9.17, 15) is 4.39 Å². The first-order chi connectivity index (χ1) is 10.2. The third-order valence-electron chi connectivity index (χ3n) is 3.33. The maximum atomic E-state index is 13.1. The van der Waals surface area contributed by atoms with Crippen LogP contribution >= 0.6 is 0 Å². The Balaban J connectivity index is 2.46. The molecule has 112 valence electrons. The van der Waals surface area contributed by atoms with E-state index in [2.05, 4.69) is 34.0 Å². The zero-order valence-corrected chi connectivity index (χ0v) is 12.7. The van der Waals surface area contributed by atoms with Crippen LogP contribution in [0.1, 0.15) is 26.3 Å². The summed E-state index contributed by atoms with van der Waals surface area (Å²) in [6.45, 7) is 7.74. The van der Waals surface area contributed by atoms with Gasteiger partial charge in [-0.3, -0.25) is 0 Å². The second-order valence-electron chi connectivity index (χ2n) is 4.63. The number of rotatable bonds is 6. The molecule has 0 unspecified atom stereocenters. The quantitative estimate of drug-likeness (QED) is 0.878. The van der Waals surface area contributed by atoms with Crippen LogP contribution in [0, 0.1) is 5.82 Å². The molecule has 1 aromatic carbocycles. The molecule has 4 nitrogen and oxygen atoms in total. The van der Waals surface area contributed by atoms with Gasteiger partial charge in [-0.25, -0.2) is 14.4 Å². The van der Waals surface area contributed by atoms with Gasteiger partial charge in [-0.15, -0.1) is 0 Å². The van der Waals surface area contributed by atoms with Gasteiger partial charge in [-0.1, -0.05) is 6.92 Å². The number of nitrogens with one attached hydrogen (secondary N) is 1. The third-order valence-corrected chi connectivity index (χ3v) is 3.33. The molecular weight excluding hydrogens is 267 g/mol. The normalized spacial score (nSPS) is 10.5. The Morgan fingerprint density at radius 2 is 1.81 bits per heavy atom. The van der Waals surface area contributed by atoms with E-state index in [4.69, 9.17) is 0 Å². The van der Waals surface area contributed by atoms with E-state index < -0.39 is 0 Å². The van der Waals surface area contributed by atoms with Gasteiger partial charge in [0.1, 0.15) is 23.8 Å². The van der Waals surface area contributed by atoms with E-state index in [1.165, 1.54) is 12.1 Å². The minimum Gasteiger partial charge on any atom is -0.370 e. The average Bonchev–Trinajstić information content (AvgIpc) is 2.50. The smallest absolute Gasteiger partial charge is 0.141 e. The van der Waals surface area contributed by atoms with Crippen molar-refractivity contribution in [2.75, 3.05) is 23.3 Å². The Morgan fingerprint density at radius 3 is 2.38 bits per heavy atom. The summed E-state index contributed by atoms with van der Waals surface area (Å²) in [6, 6.07) is 6.48. The molecule has 0 aliphatic heterocycles. The summed E-state index contributed by atoms with van der Waals surface area (Å²) in [5.41, 5.74) is 2.00. The predicted octanol–water partition coefficient (Wildman–Crippen LogP) is 3.77. The van der Waals surface area contributed by atoms with Crippen LogP contribution in [-0.2, 0) is 6.42 Å². The monoisotopic (exact) mass is 288 g/mol. The lowest BCUT2D eigenvalue weighted by atomic mass is 10.2. The van der Waals surface area contributed by atoms with E-state index >= 15 is 0 Å². The van der Waals surface area contributed by atoms with Crippen molar-refractivity contribution < 1.29 is 4.39 Å². The van der Waals surface area contributed by atoms with Crippen LogP contribution in [-0.4, -0.2) is 23.1 Å². The lowest BCUT2D eigenvalue weighted by Gasteiger charge is -2.25. The summed E-state index contributed by atoms with van der Waals surface area (Å²) < 4.78 is 13.1. The van der Waals surface area contributed by atoms with Crippen LogP contribution in [0.4, 0.5) is 21.7 Å². The fraction of sp³-hybridized carbons (Fsp3) is 0.375. The lowest BCUT2D eigenvalue weighted by Crippen LogP contribution is -2.20. The molecule has 1 aromatic heterocycles. The maximum Gasteiger partial charge on any atom is 0.141 e. The van der Waals surface area contributed by atoms with Crippen LogP contribution < -0.4 is 10.2 Å². The number of benzene rings is 1. The summed E-state index contributed by atoms with van der Waals surface area (Å²) in [5.74, 6) is 1.50. The molecule has 0 fully saturated rings. The number of hydrogen-bond acceptors (Lipinski definition) is 4. The summed E-state index contributed by atoms with van der Waals surface area (Å²) in [5, 5.41) is 3.27. The van der Waals surface area contributed by atoms with Crippen molar-refractivity contribution in [1.29, 1.82) is 0 Å². The first-order valence-corrected chi connectivity index (χ1v) is 7.32. The fourth-order valence-electron chi connectivity index (χ4n) is 2.36. The van der Waals surface area contributed by atoms with Crippen molar-refractivity contribution in [3.05, 3.63) is 42.0 Å². The molecule has 2 aromatic rings. The van der Waals surface area contributed by atoms with Crippen molar-refractivity contribution in [2.24, 2.45) is 0 Å². The molecule has 0 spiro atoms. The van der Waals surface area contributed by atoms with Gasteiger partial charge < -0.3 is 10.2 Å². The van der Waals surface area contributed by atoms with Crippen LogP contribution in [0.15, 0.2) is 30.6 Å². The van der Waals surface area contributed by atoms with Crippen molar-refractivity contribution in [1.82, 2.24) is 9.97 Å². The molecule has 0 aliphatic rings. The van der Waals surface area contributed by atoms with Crippen molar-refractivity contribution in [3.63, 3.8) is 0 Å². The number of nitrogens with zero attached hydrogens (tertiary/aromatic N) is 3. The molecule has 1 N–H and O–H groups in total. The minimum absolute atomic E-state index is 0.235. The van der Waals surface area contributed by atoms with Crippen LogP contribution in [0.25, 0.3) is 0 Å². The Labute approximate surface area is 125 Å². The average molecular weight is 288 g/mol. The van der Waals surface area contributed by atoms with E-state index in [0.717, 1.165) is 42.4 Å². The van der Waals surface area contributed by atoms with Crippen LogP contribution in [0.2, 0.25) is 0 Å². The van der Waals surface area contributed by atoms with Crippen LogP contribution in [0.3, 0.4) is 0 Å². The molecular formula is C16H21FN4. The number of halogens is 1. The van der Waals surface area contributed by atoms with E-state index in [1.807, 2.05) is 6.92 Å². The van der Waals surface area contributed by atoms with Gasteiger partial charge >= 0.3 is 0 Å². The Morgan fingerprint density at radius 1 is 1.10 bits per heavy atom. The zero-order valence-electron chi connectivity index (χ0n) is 12.7. The number of hydrogen-bond donors (Lipinski definition) is 1. The molecule has 0 aliphatic carbocycles. The molecule has 0 saturated carbocycles. The first kappa shape index (κ1) is 15.2. The van der Waals surface area contributed by atoms with Gasteiger partial charge in [0.25, 0.3) is 0 Å². The maximum absolute atomic E-state index is 13.1. The van der Waals surface area contributed by atoms with E-state index in [0.29, 0.717) is 0 Å². The van der Waals surface area contributed by atoms with E-state index in [-0.39, 0.29) is 5.82 Å². The minimum atomic E-state index is -0.235. The summed E-state index contributed by atoms with van der Waals surface area (Å²) in [4.78, 5) is 10.8. The van der Waals surface area contributed by atoms with Crippen molar-refractivity contribution in [3.8, 4) is 0 Å². The van der Waals surface area contributed by atoms with Crippen LogP contribution in [0.5, 0.6) is 0 Å². The standard InChI is InChI=1S/C16H21FN4/c1-4-14-15(18-5-2)19-11-20-16(14)21(6-3)13-9-7-12(17)8-10-13/h7-11H,4-6H2,1-3H3,(H,18,19,20). The molecule has 1 heterocycles. The Hall–Kier alpha value is -2.17. The topological polar surface area (TPSA) is 41.1 Å². The lowest BCUT2D eigenvalue weighted by molar-refractivity contribution is 0.627. The zero-order chi connectivity index (χ0) is 15.2. The van der Waals surface area contributed by atoms with Gasteiger partial charge in [0.2, 0.25) is 0 Å². The molecule has 0 radical (unpaired) electrons. The second kappa shape index (κ2) is 7.02. The molecule has 0 amide bonds. The molecule has 21 heavy (non-hydrogen) atoms. The molecule has 0 atom stereocenters. The third kappa shape index (κ3) is 3.29. The molecule has 2 rings (SSSR count). The highest BCUT2D eigenvalue weighted by Gasteiger charge is 2.16. The summed E-state index contributed by atoms with van der Waals surface area (Å²) in [6.07, 6.45) is 2.40. The predicted molar refractivity (Wildman–Crippen MR) is 84.7 cm³/mol. The summed E-state index contributed by atoms with van der Waals surface area (Å²) in [7, 11) is 0. The largest absolute Gasteiger partial charge is 0.370 e. The van der Waals surface area contributed by atoms with Gasteiger partial charge in [-0.2, -0.15) is 0 Å². The van der Waals surface area contributed by atoms with E-state index in [1.54, 1.807) is 18.5 Å². The number of anilines is 3. The second-order valence-corrected chi connectivity index (χ2v) is 4.63. The highest BCUT2D eigenvalue weighted by atomic mass is 19.1. The highest BCUT2D eigenvalue weighted by molar-refractivity contribution is 5.67. The van der Waals surface area contributed by atoms with Gasteiger partial charge in [0, 0.05) is 24.3 Å². The number of aromatic nitrogens is 2. The molecule has 5 heteroatoms. The van der Waals surface area contributed by atoms with Crippen molar-refractivity contribution >= 4 is 17.3 Å². The SMILES string of the molecule is CCNc1ncnc(N(CC)c2ccc(F)cc2)c1CC. The first-order valence-electron chi connectivity index (χ1n) is 7.32. The van der Waals surface area contributed by atoms with Crippen molar-refractivity contribution in [2.45, 2.75) is 27.2 Å². The van der Waals surface area contributed by atoms with Gasteiger partial charge in [0.05, 0.1) is 0 Å². The highest BCUT2D eigenvalue weighted by Crippen LogP contribution is 2.29. The fourth-order valence-corrected chi connectivity index (χ4v) is 2.36. The molecule has 0 bridgehead atoms. The Bertz CT molecular complexity index is 583. The van der Waals surface area contributed by atoms with Gasteiger partial charge in [-0.05, 0) is 44.5 Å². The molecule has 0 saturated heterocycles. The Kier molecular flexibility index (Phi) is 5.09.